The molecule has 2 rings (SSSR count). The molecule has 8 heteroatoms. The summed E-state index contributed by atoms with van der Waals surface area (Å²) >= 11 is 5.85. The molecule has 0 unspecified atom stereocenters. The van der Waals surface area contributed by atoms with Gasteiger partial charge in [0.1, 0.15) is 5.69 Å². The van der Waals surface area contributed by atoms with Crippen molar-refractivity contribution < 1.29 is 9.66 Å². The Morgan fingerprint density at radius 2 is 2.28 bits per heavy atom. The van der Waals surface area contributed by atoms with Gasteiger partial charge in [-0.3, -0.25) is 10.1 Å². The van der Waals surface area contributed by atoms with Crippen molar-refractivity contribution in [3.8, 4) is 0 Å². The summed E-state index contributed by atoms with van der Waals surface area (Å²) in [5.74, 6) is 0.416. The lowest BCUT2D eigenvalue weighted by Gasteiger charge is -2.33. The molecular formula is C10H13ClN4O3. The summed E-state index contributed by atoms with van der Waals surface area (Å²) in [6.07, 6.45) is 0. The highest BCUT2D eigenvalue weighted by atomic mass is 35.5. The Morgan fingerprint density at radius 3 is 2.83 bits per heavy atom. The molecule has 0 aliphatic carbocycles. The first-order valence-corrected chi connectivity index (χ1v) is 5.91. The summed E-state index contributed by atoms with van der Waals surface area (Å²) < 4.78 is 5.32. The van der Waals surface area contributed by atoms with E-state index >= 15 is 0 Å². The van der Waals surface area contributed by atoms with Crippen LogP contribution in [0, 0.1) is 17.0 Å². The molecule has 0 aromatic carbocycles. The van der Waals surface area contributed by atoms with Crippen LogP contribution in [0.1, 0.15) is 12.6 Å². The molecular weight excluding hydrogens is 260 g/mol. The first-order valence-electron chi connectivity index (χ1n) is 5.53. The fourth-order valence-corrected chi connectivity index (χ4v) is 2.16. The van der Waals surface area contributed by atoms with Crippen molar-refractivity contribution in [1.82, 2.24) is 9.97 Å². The van der Waals surface area contributed by atoms with E-state index in [-0.39, 0.29) is 22.6 Å². The molecule has 2 heterocycles. The van der Waals surface area contributed by atoms with Gasteiger partial charge in [-0.1, -0.05) is 11.6 Å². The van der Waals surface area contributed by atoms with Gasteiger partial charge in [0.15, 0.2) is 0 Å². The van der Waals surface area contributed by atoms with Crippen LogP contribution in [0.3, 0.4) is 0 Å². The van der Waals surface area contributed by atoms with E-state index < -0.39 is 4.92 Å². The first-order chi connectivity index (χ1) is 8.50. The number of hydrogen-bond donors (Lipinski definition) is 0. The van der Waals surface area contributed by atoms with Crippen molar-refractivity contribution >= 4 is 23.2 Å². The highest BCUT2D eigenvalue weighted by Crippen LogP contribution is 2.28. The standard InChI is InChI=1S/C10H13ClN4O3/c1-6-5-18-4-3-14(6)10-12-7(2)8(15(16)17)9(11)13-10/h6H,3-5H2,1-2H3/t6-/m0/s1. The van der Waals surface area contributed by atoms with Gasteiger partial charge >= 0.3 is 5.69 Å². The minimum Gasteiger partial charge on any atom is -0.377 e. The van der Waals surface area contributed by atoms with Crippen LogP contribution in [0.5, 0.6) is 0 Å². The molecule has 18 heavy (non-hydrogen) atoms. The zero-order valence-electron chi connectivity index (χ0n) is 10.1. The van der Waals surface area contributed by atoms with E-state index in [1.54, 1.807) is 6.92 Å². The summed E-state index contributed by atoms with van der Waals surface area (Å²) in [5.41, 5.74) is 0.0371. The number of aryl methyl sites for hydroxylation is 1. The first kappa shape index (κ1) is 13.0. The predicted octanol–water partition coefficient (Wildman–Crippen LogP) is 1.57. The zero-order chi connectivity index (χ0) is 13.3. The molecule has 1 fully saturated rings. The Bertz CT molecular complexity index is 459. The van der Waals surface area contributed by atoms with Crippen molar-refractivity contribution in [3.05, 3.63) is 21.0 Å². The molecule has 1 aromatic rings. The monoisotopic (exact) mass is 272 g/mol. The zero-order valence-corrected chi connectivity index (χ0v) is 10.8. The van der Waals surface area contributed by atoms with Gasteiger partial charge in [-0.05, 0) is 13.8 Å². The fraction of sp³-hybridized carbons (Fsp3) is 0.600. The van der Waals surface area contributed by atoms with Crippen LogP contribution in [0.4, 0.5) is 11.6 Å². The topological polar surface area (TPSA) is 81.4 Å². The smallest absolute Gasteiger partial charge is 0.327 e. The second-order valence-corrected chi connectivity index (χ2v) is 4.48. The number of morpholine rings is 1. The largest absolute Gasteiger partial charge is 0.377 e. The Hall–Kier alpha value is -1.47. The van der Waals surface area contributed by atoms with E-state index in [1.165, 1.54) is 0 Å². The number of aromatic nitrogens is 2. The number of nitrogens with zero attached hydrogens (tertiary/aromatic N) is 4. The molecule has 0 radical (unpaired) electrons. The molecule has 1 aromatic heterocycles. The van der Waals surface area contributed by atoms with Gasteiger partial charge < -0.3 is 9.64 Å². The van der Waals surface area contributed by atoms with Crippen molar-refractivity contribution in [1.29, 1.82) is 0 Å². The second kappa shape index (κ2) is 5.03. The Balaban J connectivity index is 2.38. The molecule has 1 saturated heterocycles. The summed E-state index contributed by atoms with van der Waals surface area (Å²) in [5, 5.41) is 10.7. The molecule has 0 amide bonds. The Morgan fingerprint density at radius 1 is 1.56 bits per heavy atom. The molecule has 0 N–H and O–H groups in total. The van der Waals surface area contributed by atoms with Crippen LogP contribution in [0.15, 0.2) is 0 Å². The van der Waals surface area contributed by atoms with Gasteiger partial charge in [0.2, 0.25) is 11.1 Å². The van der Waals surface area contributed by atoms with Crippen molar-refractivity contribution in [2.75, 3.05) is 24.7 Å². The number of rotatable bonds is 2. The quantitative estimate of drug-likeness (QED) is 0.462. The second-order valence-electron chi connectivity index (χ2n) is 4.12. The van der Waals surface area contributed by atoms with E-state index in [0.717, 1.165) is 0 Å². The summed E-state index contributed by atoms with van der Waals surface area (Å²) in [6, 6.07) is 0.121. The van der Waals surface area contributed by atoms with Gasteiger partial charge in [0, 0.05) is 6.54 Å². The van der Waals surface area contributed by atoms with Gasteiger partial charge in [-0.25, -0.2) is 4.98 Å². The molecule has 0 spiro atoms. The van der Waals surface area contributed by atoms with Crippen LogP contribution in [-0.4, -0.2) is 40.7 Å². The SMILES string of the molecule is Cc1nc(N2CCOC[C@@H]2C)nc(Cl)c1[N+](=O)[O-]. The third kappa shape index (κ3) is 2.37. The fourth-order valence-electron chi connectivity index (χ4n) is 1.88. The van der Waals surface area contributed by atoms with Gasteiger partial charge in [0.05, 0.1) is 24.2 Å². The lowest BCUT2D eigenvalue weighted by atomic mass is 10.3. The number of hydrogen-bond acceptors (Lipinski definition) is 6. The van der Waals surface area contributed by atoms with E-state index in [1.807, 2.05) is 11.8 Å². The summed E-state index contributed by atoms with van der Waals surface area (Å²) in [7, 11) is 0. The van der Waals surface area contributed by atoms with Gasteiger partial charge in [0.25, 0.3) is 0 Å². The van der Waals surface area contributed by atoms with Crippen LogP contribution in [0.2, 0.25) is 5.15 Å². The third-order valence-corrected chi connectivity index (χ3v) is 3.07. The Labute approximate surface area is 109 Å². The number of halogens is 1. The molecule has 0 saturated carbocycles. The predicted molar refractivity (Wildman–Crippen MR) is 66.1 cm³/mol. The lowest BCUT2D eigenvalue weighted by Crippen LogP contribution is -2.44. The molecule has 1 atom stereocenters. The van der Waals surface area contributed by atoms with Crippen LogP contribution in [-0.2, 0) is 4.74 Å². The highest BCUT2D eigenvalue weighted by molar-refractivity contribution is 6.31. The van der Waals surface area contributed by atoms with Crippen LogP contribution in [0.25, 0.3) is 0 Å². The van der Waals surface area contributed by atoms with Crippen LogP contribution >= 0.6 is 11.6 Å². The lowest BCUT2D eigenvalue weighted by molar-refractivity contribution is -0.385. The van der Waals surface area contributed by atoms with Crippen molar-refractivity contribution in [2.24, 2.45) is 0 Å². The van der Waals surface area contributed by atoms with E-state index in [0.29, 0.717) is 25.7 Å². The normalized spacial score (nSPS) is 19.9. The molecule has 1 aliphatic rings. The maximum absolute atomic E-state index is 10.8. The van der Waals surface area contributed by atoms with E-state index in [4.69, 9.17) is 16.3 Å². The maximum atomic E-state index is 10.8. The van der Waals surface area contributed by atoms with Gasteiger partial charge in [-0.2, -0.15) is 4.98 Å². The van der Waals surface area contributed by atoms with Crippen molar-refractivity contribution in [3.63, 3.8) is 0 Å². The number of anilines is 1. The average Bonchev–Trinajstić information content (AvgIpc) is 2.27. The van der Waals surface area contributed by atoms with E-state index in [9.17, 15) is 10.1 Å². The molecule has 7 nitrogen and oxygen atoms in total. The number of ether oxygens (including phenoxy) is 1. The summed E-state index contributed by atoms with van der Waals surface area (Å²) in [6.45, 7) is 5.35. The van der Waals surface area contributed by atoms with Crippen LogP contribution < -0.4 is 4.90 Å². The average molecular weight is 273 g/mol. The Kier molecular flexibility index (Phi) is 3.63. The molecule has 0 bridgehead atoms. The maximum Gasteiger partial charge on any atom is 0.327 e. The van der Waals surface area contributed by atoms with Gasteiger partial charge in [-0.15, -0.1) is 0 Å². The molecule has 98 valence electrons. The third-order valence-electron chi connectivity index (χ3n) is 2.81. The minimum absolute atomic E-state index is 0.121. The summed E-state index contributed by atoms with van der Waals surface area (Å²) in [4.78, 5) is 20.3. The number of nitro groups is 1. The minimum atomic E-state index is -0.565. The molecule has 1 aliphatic heterocycles. The highest BCUT2D eigenvalue weighted by Gasteiger charge is 2.26. The van der Waals surface area contributed by atoms with Crippen molar-refractivity contribution in [2.45, 2.75) is 19.9 Å². The van der Waals surface area contributed by atoms with E-state index in [2.05, 4.69) is 9.97 Å².